The summed E-state index contributed by atoms with van der Waals surface area (Å²) in [4.78, 5) is 34.9. The van der Waals surface area contributed by atoms with Crippen molar-refractivity contribution in [3.63, 3.8) is 0 Å². The molecule has 8 N–H and O–H groups in total. The SMILES string of the molecule is CC(=O)CC(=O)C(OC(C)C)(OC(C)C)C(C)=O.O.O.O.O.[Ti]. The van der Waals surface area contributed by atoms with Gasteiger partial charge in [-0.2, -0.15) is 0 Å². The Labute approximate surface area is 151 Å². The van der Waals surface area contributed by atoms with Gasteiger partial charge < -0.3 is 31.4 Å². The van der Waals surface area contributed by atoms with E-state index >= 15 is 0 Å². The predicted molar refractivity (Wildman–Crippen MR) is 80.6 cm³/mol. The molecule has 9 nitrogen and oxygen atoms in total. The van der Waals surface area contributed by atoms with Gasteiger partial charge in [-0.1, -0.05) is 0 Å². The first-order chi connectivity index (χ1) is 8.11. The van der Waals surface area contributed by atoms with Crippen molar-refractivity contribution in [2.24, 2.45) is 0 Å². The third-order valence-corrected chi connectivity index (χ3v) is 2.04. The van der Waals surface area contributed by atoms with Crippen LogP contribution >= 0.6 is 0 Å². The summed E-state index contributed by atoms with van der Waals surface area (Å²) >= 11 is 0. The predicted octanol–water partition coefficient (Wildman–Crippen LogP) is -1.63. The molecule has 0 aliphatic heterocycles. The Bertz CT molecular complexity index is 332. The molecule has 0 unspecified atom stereocenters. The van der Waals surface area contributed by atoms with Crippen LogP contribution in [0.5, 0.6) is 0 Å². The Morgan fingerprint density at radius 1 is 0.826 bits per heavy atom. The smallest absolute Gasteiger partial charge is 0.291 e. The molecule has 140 valence electrons. The van der Waals surface area contributed by atoms with E-state index < -0.39 is 17.4 Å². The van der Waals surface area contributed by atoms with Crippen molar-refractivity contribution in [2.75, 3.05) is 0 Å². The molecule has 0 saturated heterocycles. The molecule has 0 aromatic rings. The molecule has 0 spiro atoms. The average Bonchev–Trinajstić information content (AvgIpc) is 2.13. The number of hydrogen-bond donors (Lipinski definition) is 0. The van der Waals surface area contributed by atoms with Gasteiger partial charge in [0.1, 0.15) is 5.78 Å². The standard InChI is InChI=1S/C13H22O5.4H2O.Ti/c1-8(2)17-13(11(6)15,18-9(3)4)12(16)7-10(5)14;;;;;/h8-9H,7H2,1-6H3;4*1H2;. The van der Waals surface area contributed by atoms with Crippen LogP contribution in [0.15, 0.2) is 0 Å². The van der Waals surface area contributed by atoms with Crippen LogP contribution in [-0.2, 0) is 45.6 Å². The van der Waals surface area contributed by atoms with Crippen LogP contribution in [0.4, 0.5) is 0 Å². The van der Waals surface area contributed by atoms with Crippen LogP contribution in [0.3, 0.4) is 0 Å². The van der Waals surface area contributed by atoms with Gasteiger partial charge in [-0.15, -0.1) is 0 Å². The Kier molecular flexibility index (Phi) is 27.1. The summed E-state index contributed by atoms with van der Waals surface area (Å²) in [7, 11) is 0. The van der Waals surface area contributed by atoms with E-state index in [1.54, 1.807) is 27.7 Å². The van der Waals surface area contributed by atoms with Crippen molar-refractivity contribution in [2.45, 2.75) is 66.0 Å². The first-order valence-corrected chi connectivity index (χ1v) is 6.01. The van der Waals surface area contributed by atoms with Crippen molar-refractivity contribution in [1.82, 2.24) is 0 Å². The second-order valence-corrected chi connectivity index (χ2v) is 4.81. The van der Waals surface area contributed by atoms with Crippen LogP contribution in [0.25, 0.3) is 0 Å². The van der Waals surface area contributed by atoms with Crippen molar-refractivity contribution in [1.29, 1.82) is 0 Å². The fourth-order valence-corrected chi connectivity index (χ4v) is 1.53. The molecule has 10 heteroatoms. The molecule has 0 heterocycles. The van der Waals surface area contributed by atoms with E-state index in [-0.39, 0.29) is 68.0 Å². The van der Waals surface area contributed by atoms with Gasteiger partial charge in [0.2, 0.25) is 5.78 Å². The first-order valence-electron chi connectivity index (χ1n) is 6.01. The summed E-state index contributed by atoms with van der Waals surface area (Å²) < 4.78 is 10.8. The Hall–Kier alpha value is -0.516. The average molecular weight is 378 g/mol. The maximum atomic E-state index is 12.1. The van der Waals surface area contributed by atoms with Gasteiger partial charge in [0.25, 0.3) is 5.79 Å². The van der Waals surface area contributed by atoms with E-state index in [1.165, 1.54) is 13.8 Å². The molecule has 0 amide bonds. The van der Waals surface area contributed by atoms with E-state index in [1.807, 2.05) is 0 Å². The summed E-state index contributed by atoms with van der Waals surface area (Å²) in [5.74, 6) is -3.49. The monoisotopic (exact) mass is 378 g/mol. The third-order valence-electron chi connectivity index (χ3n) is 2.04. The van der Waals surface area contributed by atoms with Gasteiger partial charge in [-0.3, -0.25) is 14.4 Å². The summed E-state index contributed by atoms with van der Waals surface area (Å²) in [6, 6.07) is 0. The summed E-state index contributed by atoms with van der Waals surface area (Å²) in [6.07, 6.45) is -1.12. The minimum Gasteiger partial charge on any atom is -0.412 e. The minimum atomic E-state index is -1.96. The number of carbonyl (C=O) groups excluding carboxylic acids is 3. The Balaban J connectivity index is -0.000000144. The number of rotatable bonds is 8. The second kappa shape index (κ2) is 16.3. The van der Waals surface area contributed by atoms with Gasteiger partial charge in [-0.25, -0.2) is 0 Å². The summed E-state index contributed by atoms with van der Waals surface area (Å²) in [5, 5.41) is 0. The van der Waals surface area contributed by atoms with Gasteiger partial charge in [0, 0.05) is 28.6 Å². The fourth-order valence-electron chi connectivity index (χ4n) is 1.53. The van der Waals surface area contributed by atoms with Crippen molar-refractivity contribution in [3.05, 3.63) is 0 Å². The quantitative estimate of drug-likeness (QED) is 0.277. The molecule has 0 aliphatic rings. The number of ether oxygens (including phenoxy) is 2. The van der Waals surface area contributed by atoms with Crippen LogP contribution in [0, 0.1) is 0 Å². The van der Waals surface area contributed by atoms with E-state index in [2.05, 4.69) is 0 Å². The zero-order valence-corrected chi connectivity index (χ0v) is 16.0. The maximum Gasteiger partial charge on any atom is 0.291 e. The van der Waals surface area contributed by atoms with Gasteiger partial charge in [0.15, 0.2) is 5.78 Å². The Morgan fingerprint density at radius 3 is 1.30 bits per heavy atom. The molecule has 0 fully saturated rings. The van der Waals surface area contributed by atoms with Crippen molar-refractivity contribution >= 4 is 17.3 Å². The summed E-state index contributed by atoms with van der Waals surface area (Å²) in [5.41, 5.74) is 0. The molecular weight excluding hydrogens is 348 g/mol. The van der Waals surface area contributed by atoms with Crippen LogP contribution in [0.2, 0.25) is 0 Å². The van der Waals surface area contributed by atoms with Crippen LogP contribution < -0.4 is 0 Å². The van der Waals surface area contributed by atoms with Gasteiger partial charge >= 0.3 is 0 Å². The zero-order valence-electron chi connectivity index (χ0n) is 14.4. The third kappa shape index (κ3) is 12.6. The number of Topliss-reactive ketones (excluding diaryl/α,β-unsaturated/α-hetero) is 3. The molecule has 0 radical (unpaired) electrons. The Morgan fingerprint density at radius 2 is 1.13 bits per heavy atom. The molecule has 0 rings (SSSR count). The van der Waals surface area contributed by atoms with E-state index in [0.717, 1.165) is 0 Å². The molecule has 0 aromatic heterocycles. The number of hydrogen-bond acceptors (Lipinski definition) is 5. The number of ketones is 3. The van der Waals surface area contributed by atoms with Gasteiger partial charge in [-0.05, 0) is 34.6 Å². The van der Waals surface area contributed by atoms with Gasteiger partial charge in [0.05, 0.1) is 18.6 Å². The van der Waals surface area contributed by atoms with E-state index in [4.69, 9.17) is 9.47 Å². The molecule has 0 aliphatic carbocycles. The molecule has 0 aromatic carbocycles. The maximum absolute atomic E-state index is 12.1. The summed E-state index contributed by atoms with van der Waals surface area (Å²) in [6.45, 7) is 9.30. The van der Waals surface area contributed by atoms with Crippen molar-refractivity contribution in [3.8, 4) is 0 Å². The molecule has 0 bridgehead atoms. The minimum absolute atomic E-state index is 0. The van der Waals surface area contributed by atoms with Crippen molar-refractivity contribution < 1.29 is 67.5 Å². The van der Waals surface area contributed by atoms with Crippen LogP contribution in [0.1, 0.15) is 48.0 Å². The molecule has 0 atom stereocenters. The van der Waals surface area contributed by atoms with E-state index in [0.29, 0.717) is 0 Å². The largest absolute Gasteiger partial charge is 0.412 e. The van der Waals surface area contributed by atoms with Crippen LogP contribution in [-0.4, -0.2) is 57.2 Å². The molecular formula is C13H30O9Ti. The fraction of sp³-hybridized carbons (Fsp3) is 0.769. The van der Waals surface area contributed by atoms with E-state index in [9.17, 15) is 14.4 Å². The number of carbonyl (C=O) groups is 3. The topological polar surface area (TPSA) is 196 Å². The molecule has 23 heavy (non-hydrogen) atoms. The zero-order chi connectivity index (χ0) is 14.5. The first kappa shape index (κ1) is 38.2. The second-order valence-electron chi connectivity index (χ2n) is 4.81. The normalized spacial score (nSPS) is 9.39. The molecule has 0 saturated carbocycles.